The minimum Gasteiger partial charge on any atom is -0.497 e. The Labute approximate surface area is 148 Å². The molecule has 0 aliphatic rings. The van der Waals surface area contributed by atoms with Crippen molar-refractivity contribution in [2.45, 2.75) is 6.92 Å². The highest BCUT2D eigenvalue weighted by Crippen LogP contribution is 2.36. The van der Waals surface area contributed by atoms with Gasteiger partial charge in [0.05, 0.1) is 18.3 Å². The number of thiophene rings is 1. The van der Waals surface area contributed by atoms with E-state index in [-0.39, 0.29) is 5.78 Å². The second-order valence-corrected chi connectivity index (χ2v) is 6.94. The van der Waals surface area contributed by atoms with Crippen LogP contribution in [-0.2, 0) is 0 Å². The first-order valence-electron chi connectivity index (χ1n) is 7.85. The maximum atomic E-state index is 12.8. The Morgan fingerprint density at radius 2 is 1.88 bits per heavy atom. The predicted molar refractivity (Wildman–Crippen MR) is 103 cm³/mol. The van der Waals surface area contributed by atoms with Gasteiger partial charge in [-0.2, -0.15) is 0 Å². The lowest BCUT2D eigenvalue weighted by Crippen LogP contribution is -2.01. The van der Waals surface area contributed by atoms with E-state index < -0.39 is 0 Å². The zero-order chi connectivity index (χ0) is 17.6. The monoisotopic (exact) mass is 348 g/mol. The van der Waals surface area contributed by atoms with Crippen LogP contribution in [0.4, 0.5) is 5.69 Å². The van der Waals surface area contributed by atoms with Gasteiger partial charge in [0.2, 0.25) is 5.78 Å². The molecule has 4 aromatic rings. The van der Waals surface area contributed by atoms with Gasteiger partial charge in [0, 0.05) is 16.3 Å². The number of hydrogen-bond donors (Lipinski definition) is 1. The van der Waals surface area contributed by atoms with Gasteiger partial charge in [-0.05, 0) is 31.2 Å². The Hall–Kier alpha value is -2.92. The molecule has 2 N–H and O–H groups in total. The highest BCUT2D eigenvalue weighted by Gasteiger charge is 2.19. The number of nitrogen functional groups attached to an aromatic ring is 1. The summed E-state index contributed by atoms with van der Waals surface area (Å²) >= 11 is 1.34. The SMILES string of the molecule is COc1ccc2nc3sc(C(=O)c4ccc(C)cc4)c(N)c3cc2c1. The number of pyridine rings is 1. The van der Waals surface area contributed by atoms with Crippen molar-refractivity contribution in [3.8, 4) is 5.75 Å². The number of rotatable bonds is 3. The summed E-state index contributed by atoms with van der Waals surface area (Å²) < 4.78 is 5.26. The zero-order valence-corrected chi connectivity index (χ0v) is 14.7. The van der Waals surface area contributed by atoms with Gasteiger partial charge in [-0.25, -0.2) is 4.98 Å². The number of fused-ring (bicyclic) bond motifs is 2. The standard InChI is InChI=1S/C20H16N2O2S/c1-11-3-5-12(6-4-11)18(23)19-17(21)15-10-13-9-14(24-2)7-8-16(13)22-20(15)25-19/h3-10H,21H2,1-2H3. The molecule has 0 bridgehead atoms. The molecular formula is C20H16N2O2S. The quantitative estimate of drug-likeness (QED) is 0.550. The fourth-order valence-corrected chi connectivity index (χ4v) is 3.86. The van der Waals surface area contributed by atoms with Crippen LogP contribution in [0.3, 0.4) is 0 Å². The molecule has 0 fully saturated rings. The molecule has 0 saturated carbocycles. The molecule has 124 valence electrons. The van der Waals surface area contributed by atoms with Crippen LogP contribution in [0.2, 0.25) is 0 Å². The number of aromatic nitrogens is 1. The fraction of sp³-hybridized carbons (Fsp3) is 0.100. The molecule has 0 aliphatic carbocycles. The summed E-state index contributed by atoms with van der Waals surface area (Å²) in [5.74, 6) is 0.695. The Bertz CT molecular complexity index is 1110. The first kappa shape index (κ1) is 15.6. The molecule has 0 radical (unpaired) electrons. The number of nitrogens with zero attached hydrogens (tertiary/aromatic N) is 1. The Kier molecular flexibility index (Phi) is 3.66. The summed E-state index contributed by atoms with van der Waals surface area (Å²) in [5, 5.41) is 1.74. The number of carbonyl (C=O) groups is 1. The minimum atomic E-state index is -0.0675. The molecular weight excluding hydrogens is 332 g/mol. The summed E-state index contributed by atoms with van der Waals surface area (Å²) in [7, 11) is 1.63. The van der Waals surface area contributed by atoms with Crippen LogP contribution < -0.4 is 10.5 Å². The number of methoxy groups -OCH3 is 1. The molecule has 2 aromatic heterocycles. The van der Waals surface area contributed by atoms with Crippen molar-refractivity contribution in [1.29, 1.82) is 0 Å². The Balaban J connectivity index is 1.87. The van der Waals surface area contributed by atoms with E-state index in [1.165, 1.54) is 11.3 Å². The van der Waals surface area contributed by atoms with Crippen molar-refractivity contribution in [1.82, 2.24) is 4.98 Å². The highest BCUT2D eigenvalue weighted by atomic mass is 32.1. The number of aryl methyl sites for hydroxylation is 1. The Morgan fingerprint density at radius 1 is 1.12 bits per heavy atom. The van der Waals surface area contributed by atoms with Crippen molar-refractivity contribution >= 4 is 43.9 Å². The maximum Gasteiger partial charge on any atom is 0.205 e. The summed E-state index contributed by atoms with van der Waals surface area (Å²) in [6.07, 6.45) is 0. The summed E-state index contributed by atoms with van der Waals surface area (Å²) in [6.45, 7) is 1.99. The molecule has 25 heavy (non-hydrogen) atoms. The van der Waals surface area contributed by atoms with Gasteiger partial charge in [-0.3, -0.25) is 4.79 Å². The third kappa shape index (κ3) is 2.62. The normalized spacial score (nSPS) is 11.1. The minimum absolute atomic E-state index is 0.0675. The van der Waals surface area contributed by atoms with Crippen LogP contribution in [-0.4, -0.2) is 17.9 Å². The van der Waals surface area contributed by atoms with Gasteiger partial charge in [0.25, 0.3) is 0 Å². The summed E-state index contributed by atoms with van der Waals surface area (Å²) in [4.78, 5) is 18.8. The van der Waals surface area contributed by atoms with Crippen LogP contribution in [0.15, 0.2) is 48.5 Å². The number of benzene rings is 2. The molecule has 2 aromatic carbocycles. The molecule has 0 saturated heterocycles. The lowest BCUT2D eigenvalue weighted by atomic mass is 10.1. The second kappa shape index (κ2) is 5.86. The van der Waals surface area contributed by atoms with Crippen LogP contribution >= 0.6 is 11.3 Å². The van der Waals surface area contributed by atoms with Crippen molar-refractivity contribution in [3.63, 3.8) is 0 Å². The van der Waals surface area contributed by atoms with Crippen molar-refractivity contribution in [2.24, 2.45) is 0 Å². The van der Waals surface area contributed by atoms with Crippen LogP contribution in [0.5, 0.6) is 5.75 Å². The van der Waals surface area contributed by atoms with Gasteiger partial charge in [0.1, 0.15) is 15.5 Å². The highest BCUT2D eigenvalue weighted by molar-refractivity contribution is 7.21. The third-order valence-corrected chi connectivity index (χ3v) is 5.35. The first-order chi connectivity index (χ1) is 12.1. The van der Waals surface area contributed by atoms with E-state index in [0.717, 1.165) is 32.4 Å². The van der Waals surface area contributed by atoms with E-state index in [0.29, 0.717) is 16.1 Å². The smallest absolute Gasteiger partial charge is 0.205 e. The molecule has 5 heteroatoms. The topological polar surface area (TPSA) is 65.2 Å². The van der Waals surface area contributed by atoms with Gasteiger partial charge in [0.15, 0.2) is 0 Å². The van der Waals surface area contributed by atoms with Crippen molar-refractivity contribution in [3.05, 3.63) is 64.5 Å². The third-order valence-electron chi connectivity index (χ3n) is 4.24. The summed E-state index contributed by atoms with van der Waals surface area (Å²) in [6, 6.07) is 15.2. The van der Waals surface area contributed by atoms with Gasteiger partial charge in [-0.1, -0.05) is 29.8 Å². The molecule has 0 spiro atoms. The fourth-order valence-electron chi connectivity index (χ4n) is 2.81. The first-order valence-corrected chi connectivity index (χ1v) is 8.66. The van der Waals surface area contributed by atoms with E-state index in [4.69, 9.17) is 10.5 Å². The van der Waals surface area contributed by atoms with E-state index in [1.54, 1.807) is 7.11 Å². The second-order valence-electron chi connectivity index (χ2n) is 5.94. The molecule has 0 amide bonds. The maximum absolute atomic E-state index is 12.8. The average molecular weight is 348 g/mol. The molecule has 0 unspecified atom stereocenters. The predicted octanol–water partition coefficient (Wildman–Crippen LogP) is 4.58. The van der Waals surface area contributed by atoms with Gasteiger partial charge in [-0.15, -0.1) is 11.3 Å². The van der Waals surface area contributed by atoms with E-state index >= 15 is 0 Å². The van der Waals surface area contributed by atoms with E-state index in [2.05, 4.69) is 4.98 Å². The largest absolute Gasteiger partial charge is 0.497 e. The van der Waals surface area contributed by atoms with Crippen LogP contribution in [0, 0.1) is 6.92 Å². The lowest BCUT2D eigenvalue weighted by Gasteiger charge is -2.02. The van der Waals surface area contributed by atoms with Gasteiger partial charge >= 0.3 is 0 Å². The van der Waals surface area contributed by atoms with Crippen molar-refractivity contribution in [2.75, 3.05) is 12.8 Å². The van der Waals surface area contributed by atoms with Gasteiger partial charge < -0.3 is 10.5 Å². The van der Waals surface area contributed by atoms with Crippen molar-refractivity contribution < 1.29 is 9.53 Å². The molecule has 2 heterocycles. The number of hydrogen-bond acceptors (Lipinski definition) is 5. The average Bonchev–Trinajstić information content (AvgIpc) is 2.95. The summed E-state index contributed by atoms with van der Waals surface area (Å²) in [5.41, 5.74) is 9.37. The molecule has 4 rings (SSSR count). The lowest BCUT2D eigenvalue weighted by molar-refractivity contribution is 0.104. The van der Waals surface area contributed by atoms with E-state index in [1.807, 2.05) is 55.5 Å². The number of carbonyl (C=O) groups excluding carboxylic acids is 1. The number of anilines is 1. The van der Waals surface area contributed by atoms with Crippen LogP contribution in [0.1, 0.15) is 20.8 Å². The number of nitrogens with two attached hydrogens (primary N) is 1. The molecule has 0 atom stereocenters. The number of ether oxygens (including phenoxy) is 1. The van der Waals surface area contributed by atoms with E-state index in [9.17, 15) is 4.79 Å². The molecule has 4 nitrogen and oxygen atoms in total. The molecule has 0 aliphatic heterocycles. The Morgan fingerprint density at radius 3 is 2.60 bits per heavy atom. The van der Waals surface area contributed by atoms with Crippen LogP contribution in [0.25, 0.3) is 21.1 Å². The number of ketones is 1. The zero-order valence-electron chi connectivity index (χ0n) is 13.9.